The number of nitrogens with zero attached hydrogens (tertiary/aromatic N) is 4. The number of rotatable bonds is 6. The fraction of sp³-hybridized carbons (Fsp3) is 0.320. The van der Waals surface area contributed by atoms with Gasteiger partial charge < -0.3 is 15.5 Å². The third-order valence-corrected chi connectivity index (χ3v) is 7.88. The summed E-state index contributed by atoms with van der Waals surface area (Å²) in [7, 11) is -3.66. The van der Waals surface area contributed by atoms with Gasteiger partial charge in [-0.1, -0.05) is 17.7 Å². The summed E-state index contributed by atoms with van der Waals surface area (Å²) in [4.78, 5) is 22.8. The topological polar surface area (TPSA) is 108 Å². The zero-order chi connectivity index (χ0) is 25.2. The van der Waals surface area contributed by atoms with Crippen LogP contribution >= 0.6 is 0 Å². The molecule has 1 saturated heterocycles. The molecule has 2 heterocycles. The summed E-state index contributed by atoms with van der Waals surface area (Å²) in [6.45, 7) is 8.83. The molecule has 9 nitrogen and oxygen atoms in total. The smallest absolute Gasteiger partial charge is 0.243 e. The van der Waals surface area contributed by atoms with Crippen LogP contribution in [0.25, 0.3) is 0 Å². The van der Waals surface area contributed by atoms with Crippen molar-refractivity contribution in [3.8, 4) is 0 Å². The summed E-state index contributed by atoms with van der Waals surface area (Å²) < 4.78 is 28.1. The molecule has 10 heteroatoms. The molecule has 0 radical (unpaired) electrons. The number of carbonyl (C=O) groups is 1. The van der Waals surface area contributed by atoms with Gasteiger partial charge in [-0.2, -0.15) is 9.29 Å². The molecular formula is C25H30N6O3S. The van der Waals surface area contributed by atoms with Crippen molar-refractivity contribution in [2.45, 2.75) is 32.6 Å². The van der Waals surface area contributed by atoms with E-state index in [2.05, 4.69) is 25.5 Å². The third kappa shape index (κ3) is 5.77. The number of sulfonamides is 1. The molecule has 3 aromatic rings. The monoisotopic (exact) mass is 494 g/mol. The number of amides is 1. The van der Waals surface area contributed by atoms with Gasteiger partial charge in [0.2, 0.25) is 21.9 Å². The summed E-state index contributed by atoms with van der Waals surface area (Å²) in [5.74, 6) is 1.07. The average molecular weight is 495 g/mol. The molecule has 1 fully saturated rings. The number of nitrogens with one attached hydrogen (secondary N) is 2. The van der Waals surface area contributed by atoms with Gasteiger partial charge >= 0.3 is 0 Å². The molecule has 0 atom stereocenters. The lowest BCUT2D eigenvalue weighted by Gasteiger charge is -2.35. The number of aryl methyl sites for hydroxylation is 3. The Labute approximate surface area is 206 Å². The van der Waals surface area contributed by atoms with Crippen molar-refractivity contribution in [2.24, 2.45) is 0 Å². The van der Waals surface area contributed by atoms with Crippen molar-refractivity contribution < 1.29 is 13.2 Å². The van der Waals surface area contributed by atoms with Crippen LogP contribution in [0.1, 0.15) is 23.7 Å². The number of hydrogen-bond donors (Lipinski definition) is 2. The molecule has 2 aromatic carbocycles. The molecule has 4 rings (SSSR count). The number of piperazine rings is 1. The zero-order valence-corrected chi connectivity index (χ0v) is 21.2. The largest absolute Gasteiger partial charge is 0.354 e. The van der Waals surface area contributed by atoms with E-state index in [1.54, 1.807) is 25.1 Å². The van der Waals surface area contributed by atoms with Crippen LogP contribution in [-0.4, -0.2) is 54.8 Å². The van der Waals surface area contributed by atoms with Gasteiger partial charge in [0, 0.05) is 56.2 Å². The van der Waals surface area contributed by atoms with Crippen LogP contribution in [0.4, 0.5) is 23.1 Å². The van der Waals surface area contributed by atoms with Crippen LogP contribution < -0.4 is 15.5 Å². The van der Waals surface area contributed by atoms with Crippen LogP contribution in [0.2, 0.25) is 0 Å². The normalized spacial score (nSPS) is 14.6. The Morgan fingerprint density at radius 2 is 1.54 bits per heavy atom. The Bertz CT molecular complexity index is 1330. The van der Waals surface area contributed by atoms with Gasteiger partial charge in [0.15, 0.2) is 0 Å². The third-order valence-electron chi connectivity index (χ3n) is 5.82. The summed E-state index contributed by atoms with van der Waals surface area (Å²) in [5, 5.41) is 5.93. The van der Waals surface area contributed by atoms with Crippen LogP contribution in [0, 0.1) is 20.8 Å². The number of aromatic nitrogens is 2. The minimum atomic E-state index is -3.66. The van der Waals surface area contributed by atoms with Gasteiger partial charge in [0.05, 0.1) is 4.90 Å². The first-order valence-corrected chi connectivity index (χ1v) is 12.9. The molecule has 0 saturated carbocycles. The number of hydrogen-bond acceptors (Lipinski definition) is 7. The summed E-state index contributed by atoms with van der Waals surface area (Å²) in [6.07, 6.45) is 0. The molecule has 1 aliphatic rings. The van der Waals surface area contributed by atoms with Crippen molar-refractivity contribution in [2.75, 3.05) is 41.7 Å². The molecule has 35 heavy (non-hydrogen) atoms. The van der Waals surface area contributed by atoms with Crippen LogP contribution in [0.15, 0.2) is 53.4 Å². The first-order chi connectivity index (χ1) is 16.6. The highest BCUT2D eigenvalue weighted by Gasteiger charge is 2.30. The minimum absolute atomic E-state index is 0.201. The molecule has 1 aliphatic heterocycles. The quantitative estimate of drug-likeness (QED) is 0.539. The first kappa shape index (κ1) is 24.6. The van der Waals surface area contributed by atoms with E-state index >= 15 is 0 Å². The van der Waals surface area contributed by atoms with Crippen molar-refractivity contribution in [3.63, 3.8) is 0 Å². The molecule has 0 spiro atoms. The Balaban J connectivity index is 1.46. The van der Waals surface area contributed by atoms with Crippen LogP contribution in [0.3, 0.4) is 0 Å². The van der Waals surface area contributed by atoms with Crippen molar-refractivity contribution in [3.05, 3.63) is 65.4 Å². The van der Waals surface area contributed by atoms with E-state index in [-0.39, 0.29) is 10.8 Å². The van der Waals surface area contributed by atoms with Crippen molar-refractivity contribution in [1.82, 2.24) is 14.3 Å². The maximum atomic E-state index is 13.3. The minimum Gasteiger partial charge on any atom is -0.354 e. The standard InChI is InChI=1S/C25H30N6O3S/c1-17-5-7-21(8-6-17)28-25-26-19(3)16-24(29-25)30-11-13-31(14-12-30)35(33,34)23-10-9-22(15-18(23)2)27-20(4)32/h5-10,15-16H,11-14H2,1-4H3,(H,27,32)(H,26,28,29). The van der Waals surface area contributed by atoms with E-state index in [9.17, 15) is 13.2 Å². The molecule has 0 unspecified atom stereocenters. The molecule has 2 N–H and O–H groups in total. The Kier molecular flexibility index (Phi) is 7.04. The van der Waals surface area contributed by atoms with Gasteiger partial charge in [0.25, 0.3) is 0 Å². The maximum Gasteiger partial charge on any atom is 0.243 e. The van der Waals surface area contributed by atoms with E-state index in [0.717, 1.165) is 17.2 Å². The molecule has 0 aliphatic carbocycles. The van der Waals surface area contributed by atoms with Crippen molar-refractivity contribution >= 4 is 39.1 Å². The van der Waals surface area contributed by atoms with Gasteiger partial charge in [-0.05, 0) is 56.7 Å². The summed E-state index contributed by atoms with van der Waals surface area (Å²) in [5.41, 5.74) is 4.08. The SMILES string of the molecule is CC(=O)Nc1ccc(S(=O)(=O)N2CCN(c3cc(C)nc(Nc4ccc(C)cc4)n3)CC2)c(C)c1. The maximum absolute atomic E-state index is 13.3. The molecule has 1 amide bonds. The van der Waals surface area contributed by atoms with Crippen LogP contribution in [-0.2, 0) is 14.8 Å². The van der Waals surface area contributed by atoms with E-state index in [0.29, 0.717) is 43.4 Å². The van der Waals surface area contributed by atoms with Gasteiger partial charge in [0.1, 0.15) is 5.82 Å². The molecule has 1 aromatic heterocycles. The van der Waals surface area contributed by atoms with E-state index in [1.807, 2.05) is 44.2 Å². The van der Waals surface area contributed by atoms with Gasteiger partial charge in [-0.3, -0.25) is 4.79 Å². The summed E-state index contributed by atoms with van der Waals surface area (Å²) in [6, 6.07) is 14.8. The summed E-state index contributed by atoms with van der Waals surface area (Å²) >= 11 is 0. The van der Waals surface area contributed by atoms with Gasteiger partial charge in [-0.25, -0.2) is 13.4 Å². The van der Waals surface area contributed by atoms with E-state index < -0.39 is 10.0 Å². The van der Waals surface area contributed by atoms with E-state index in [4.69, 9.17) is 0 Å². The Morgan fingerprint density at radius 3 is 2.17 bits per heavy atom. The molecule has 0 bridgehead atoms. The van der Waals surface area contributed by atoms with Crippen LogP contribution in [0.5, 0.6) is 0 Å². The molecular weight excluding hydrogens is 464 g/mol. The second-order valence-electron chi connectivity index (χ2n) is 8.73. The Hall–Kier alpha value is -3.50. The number of benzene rings is 2. The second-order valence-corrected chi connectivity index (χ2v) is 10.6. The predicted molar refractivity (Wildman–Crippen MR) is 138 cm³/mol. The zero-order valence-electron chi connectivity index (χ0n) is 20.4. The highest BCUT2D eigenvalue weighted by Crippen LogP contribution is 2.26. The highest BCUT2D eigenvalue weighted by atomic mass is 32.2. The molecule has 184 valence electrons. The number of anilines is 4. The Morgan fingerprint density at radius 1 is 0.886 bits per heavy atom. The lowest BCUT2D eigenvalue weighted by molar-refractivity contribution is -0.114. The first-order valence-electron chi connectivity index (χ1n) is 11.4. The fourth-order valence-corrected chi connectivity index (χ4v) is 5.68. The van der Waals surface area contributed by atoms with Crippen molar-refractivity contribution in [1.29, 1.82) is 0 Å². The number of carbonyl (C=O) groups excluding carboxylic acids is 1. The highest BCUT2D eigenvalue weighted by molar-refractivity contribution is 7.89. The van der Waals surface area contributed by atoms with Gasteiger partial charge in [-0.15, -0.1) is 0 Å². The lowest BCUT2D eigenvalue weighted by Crippen LogP contribution is -2.49. The predicted octanol–water partition coefficient (Wildman–Crippen LogP) is 3.61. The average Bonchev–Trinajstić information content (AvgIpc) is 2.80. The second kappa shape index (κ2) is 10.0. The fourth-order valence-electron chi connectivity index (χ4n) is 4.05. The van der Waals surface area contributed by atoms with E-state index in [1.165, 1.54) is 16.8 Å². The lowest BCUT2D eigenvalue weighted by atomic mass is 10.2.